The Morgan fingerprint density at radius 1 is 1.19 bits per heavy atom. The largest absolute Gasteiger partial charge is 0.493 e. The van der Waals surface area contributed by atoms with Crippen LogP contribution in [-0.4, -0.2) is 31.7 Å². The van der Waals surface area contributed by atoms with Gasteiger partial charge in [-0.25, -0.2) is 4.39 Å². The second-order valence-corrected chi connectivity index (χ2v) is 6.73. The van der Waals surface area contributed by atoms with E-state index >= 15 is 0 Å². The predicted molar refractivity (Wildman–Crippen MR) is 101 cm³/mol. The molecule has 0 saturated carbocycles. The molecule has 0 spiro atoms. The molecule has 1 aliphatic heterocycles. The Balaban J connectivity index is 2.00. The summed E-state index contributed by atoms with van der Waals surface area (Å²) in [6.07, 6.45) is 1.71. The number of hydrogen-bond acceptors (Lipinski definition) is 4. The smallest absolute Gasteiger partial charge is 0.161 e. The summed E-state index contributed by atoms with van der Waals surface area (Å²) in [5, 5.41) is 0. The van der Waals surface area contributed by atoms with Crippen LogP contribution in [0.5, 0.6) is 11.5 Å². The molecule has 26 heavy (non-hydrogen) atoms. The average molecular weight is 358 g/mol. The van der Waals surface area contributed by atoms with E-state index in [0.29, 0.717) is 17.9 Å². The third kappa shape index (κ3) is 3.55. The normalized spacial score (nSPS) is 18.3. The quantitative estimate of drug-likeness (QED) is 0.856. The highest BCUT2D eigenvalue weighted by atomic mass is 19.1. The number of hydrogen-bond donors (Lipinski definition) is 1. The molecule has 5 heteroatoms. The maximum atomic E-state index is 14.2. The zero-order valence-corrected chi connectivity index (χ0v) is 15.7. The van der Waals surface area contributed by atoms with Crippen molar-refractivity contribution in [2.24, 2.45) is 5.73 Å². The van der Waals surface area contributed by atoms with Crippen LogP contribution < -0.4 is 15.2 Å². The highest BCUT2D eigenvalue weighted by molar-refractivity contribution is 5.50. The molecule has 0 radical (unpaired) electrons. The monoisotopic (exact) mass is 358 g/mol. The van der Waals surface area contributed by atoms with Crippen LogP contribution >= 0.6 is 0 Å². The van der Waals surface area contributed by atoms with Crippen molar-refractivity contribution in [1.82, 2.24) is 4.90 Å². The van der Waals surface area contributed by atoms with Gasteiger partial charge in [0.25, 0.3) is 0 Å². The maximum absolute atomic E-state index is 14.2. The van der Waals surface area contributed by atoms with Gasteiger partial charge in [-0.2, -0.15) is 0 Å². The summed E-state index contributed by atoms with van der Waals surface area (Å²) in [5.74, 6) is 1.26. The third-order valence-corrected chi connectivity index (χ3v) is 5.23. The minimum Gasteiger partial charge on any atom is -0.493 e. The van der Waals surface area contributed by atoms with Crippen molar-refractivity contribution in [3.05, 3.63) is 58.9 Å². The SMILES string of the molecule is CC[C@H](N)[C@H]1c2cc(OC)c(OC)cc2CCN1Cc1ccccc1F. The van der Waals surface area contributed by atoms with Crippen molar-refractivity contribution in [1.29, 1.82) is 0 Å². The lowest BCUT2D eigenvalue weighted by Gasteiger charge is -2.40. The van der Waals surface area contributed by atoms with Gasteiger partial charge in [0.05, 0.1) is 20.3 Å². The lowest BCUT2D eigenvalue weighted by molar-refractivity contribution is 0.147. The summed E-state index contributed by atoms with van der Waals surface area (Å²) >= 11 is 0. The van der Waals surface area contributed by atoms with E-state index in [1.807, 2.05) is 24.3 Å². The van der Waals surface area contributed by atoms with Crippen molar-refractivity contribution in [2.75, 3.05) is 20.8 Å². The number of ether oxygens (including phenoxy) is 2. The number of fused-ring (bicyclic) bond motifs is 1. The fourth-order valence-electron chi connectivity index (χ4n) is 3.78. The Morgan fingerprint density at radius 3 is 2.54 bits per heavy atom. The molecule has 2 aromatic rings. The van der Waals surface area contributed by atoms with Crippen LogP contribution in [0.15, 0.2) is 36.4 Å². The molecule has 0 bridgehead atoms. The standard InChI is InChI=1S/C21H27FN2O2/c1-4-18(23)21-16-12-20(26-3)19(25-2)11-14(16)9-10-24(21)13-15-7-5-6-8-17(15)22/h5-8,11-12,18,21H,4,9-10,13,23H2,1-3H3/t18-,21+/m0/s1. The summed E-state index contributed by atoms with van der Waals surface area (Å²) in [7, 11) is 3.28. The molecule has 0 unspecified atom stereocenters. The van der Waals surface area contributed by atoms with Crippen molar-refractivity contribution in [3.63, 3.8) is 0 Å². The van der Waals surface area contributed by atoms with E-state index in [2.05, 4.69) is 11.8 Å². The van der Waals surface area contributed by atoms with Crippen molar-refractivity contribution < 1.29 is 13.9 Å². The summed E-state index contributed by atoms with van der Waals surface area (Å²) in [5.41, 5.74) is 9.57. The first-order chi connectivity index (χ1) is 12.6. The maximum Gasteiger partial charge on any atom is 0.161 e. The van der Waals surface area contributed by atoms with Crippen LogP contribution in [0.4, 0.5) is 4.39 Å². The molecule has 140 valence electrons. The van der Waals surface area contributed by atoms with E-state index < -0.39 is 0 Å². The second kappa shape index (κ2) is 8.06. The van der Waals surface area contributed by atoms with Gasteiger partial charge >= 0.3 is 0 Å². The molecule has 3 rings (SSSR count). The molecule has 0 saturated heterocycles. The lowest BCUT2D eigenvalue weighted by Crippen LogP contribution is -2.44. The number of halogens is 1. The van der Waals surface area contributed by atoms with E-state index in [-0.39, 0.29) is 17.9 Å². The molecule has 2 N–H and O–H groups in total. The number of nitrogens with zero attached hydrogens (tertiary/aromatic N) is 1. The molecular weight excluding hydrogens is 331 g/mol. The minimum absolute atomic E-state index is 0.0168. The summed E-state index contributed by atoms with van der Waals surface area (Å²) in [4.78, 5) is 2.28. The van der Waals surface area contributed by atoms with Crippen LogP contribution in [0.1, 0.15) is 36.1 Å². The minimum atomic E-state index is -0.172. The van der Waals surface area contributed by atoms with Gasteiger partial charge in [0.2, 0.25) is 0 Å². The Labute approximate surface area is 154 Å². The molecule has 0 fully saturated rings. The third-order valence-electron chi connectivity index (χ3n) is 5.23. The van der Waals surface area contributed by atoms with Crippen molar-refractivity contribution >= 4 is 0 Å². The zero-order valence-electron chi connectivity index (χ0n) is 15.7. The van der Waals surface area contributed by atoms with E-state index in [1.165, 1.54) is 11.6 Å². The van der Waals surface area contributed by atoms with Gasteiger partial charge < -0.3 is 15.2 Å². The van der Waals surface area contributed by atoms with Gasteiger partial charge in [-0.1, -0.05) is 25.1 Å². The first-order valence-electron chi connectivity index (χ1n) is 9.06. The fourth-order valence-corrected chi connectivity index (χ4v) is 3.78. The van der Waals surface area contributed by atoms with Gasteiger partial charge in [-0.3, -0.25) is 4.90 Å². The van der Waals surface area contributed by atoms with Gasteiger partial charge in [0, 0.05) is 24.7 Å². The molecule has 0 aliphatic carbocycles. The van der Waals surface area contributed by atoms with Crippen LogP contribution in [0, 0.1) is 5.82 Å². The topological polar surface area (TPSA) is 47.7 Å². The molecule has 4 nitrogen and oxygen atoms in total. The number of methoxy groups -OCH3 is 2. The Hall–Kier alpha value is -2.11. The fraction of sp³-hybridized carbons (Fsp3) is 0.429. The summed E-state index contributed by atoms with van der Waals surface area (Å²) < 4.78 is 25.1. The van der Waals surface area contributed by atoms with Crippen LogP contribution in [-0.2, 0) is 13.0 Å². The first-order valence-corrected chi connectivity index (χ1v) is 9.06. The van der Waals surface area contributed by atoms with Crippen LogP contribution in [0.3, 0.4) is 0 Å². The molecular formula is C21H27FN2O2. The molecule has 2 aromatic carbocycles. The number of rotatable bonds is 6. The Morgan fingerprint density at radius 2 is 1.88 bits per heavy atom. The zero-order chi connectivity index (χ0) is 18.7. The molecule has 0 amide bonds. The first kappa shape index (κ1) is 18.7. The van der Waals surface area contributed by atoms with Gasteiger partial charge in [0.15, 0.2) is 11.5 Å². The lowest BCUT2D eigenvalue weighted by atomic mass is 9.86. The van der Waals surface area contributed by atoms with E-state index in [9.17, 15) is 4.39 Å². The molecule has 1 aliphatic rings. The Bertz CT molecular complexity index is 766. The van der Waals surface area contributed by atoms with E-state index in [4.69, 9.17) is 15.2 Å². The highest BCUT2D eigenvalue weighted by Crippen LogP contribution is 2.40. The molecule has 0 aromatic heterocycles. The van der Waals surface area contributed by atoms with Crippen molar-refractivity contribution in [2.45, 2.75) is 38.4 Å². The highest BCUT2D eigenvalue weighted by Gasteiger charge is 2.33. The van der Waals surface area contributed by atoms with Gasteiger partial charge in [-0.05, 0) is 42.2 Å². The molecule has 2 atom stereocenters. The van der Waals surface area contributed by atoms with E-state index in [1.54, 1.807) is 20.3 Å². The number of benzene rings is 2. The van der Waals surface area contributed by atoms with E-state index in [0.717, 1.165) is 30.7 Å². The van der Waals surface area contributed by atoms with Gasteiger partial charge in [0.1, 0.15) is 5.82 Å². The number of nitrogens with two attached hydrogens (primary N) is 1. The average Bonchev–Trinajstić information content (AvgIpc) is 2.67. The second-order valence-electron chi connectivity index (χ2n) is 6.73. The summed E-state index contributed by atoms with van der Waals surface area (Å²) in [6.45, 7) is 3.45. The van der Waals surface area contributed by atoms with Crippen molar-refractivity contribution in [3.8, 4) is 11.5 Å². The van der Waals surface area contributed by atoms with Gasteiger partial charge in [-0.15, -0.1) is 0 Å². The molecule has 1 heterocycles. The predicted octanol–water partition coefficient (Wildman–Crippen LogP) is 3.68. The van der Waals surface area contributed by atoms with Crippen LogP contribution in [0.2, 0.25) is 0 Å². The van der Waals surface area contributed by atoms with Crippen LogP contribution in [0.25, 0.3) is 0 Å². The summed E-state index contributed by atoms with van der Waals surface area (Å²) in [6, 6.07) is 11.0. The Kier molecular flexibility index (Phi) is 5.79.